The number of ether oxygens (including phenoxy) is 1. The molecule has 0 aliphatic carbocycles. The van der Waals surface area contributed by atoms with Crippen LogP contribution in [0.25, 0.3) is 21.6 Å². The average molecular weight is 578 g/mol. The highest BCUT2D eigenvalue weighted by Crippen LogP contribution is 2.34. The number of morpholine rings is 1. The average Bonchev–Trinajstić information content (AvgIpc) is 3.59. The smallest absolute Gasteiger partial charge is 0.379 e. The number of carbonyl (C=O) groups excluding carboxylic acids is 2. The van der Waals surface area contributed by atoms with Gasteiger partial charge in [0.25, 0.3) is 5.91 Å². The van der Waals surface area contributed by atoms with Gasteiger partial charge in [0.15, 0.2) is 5.65 Å². The minimum absolute atomic E-state index is 0.291. The van der Waals surface area contributed by atoms with E-state index in [0.29, 0.717) is 76.7 Å². The number of carbonyl (C=O) groups is 2. The summed E-state index contributed by atoms with van der Waals surface area (Å²) in [6, 6.07) is 5.66. The van der Waals surface area contributed by atoms with E-state index in [-0.39, 0.29) is 5.91 Å². The minimum Gasteiger partial charge on any atom is -0.379 e. The second kappa shape index (κ2) is 11.6. The molecule has 0 radical (unpaired) electrons. The molecule has 0 saturated carbocycles. The predicted octanol–water partition coefficient (Wildman–Crippen LogP) is 4.55. The van der Waals surface area contributed by atoms with Crippen molar-refractivity contribution in [1.29, 1.82) is 0 Å². The van der Waals surface area contributed by atoms with Crippen LogP contribution in [0.2, 0.25) is 0 Å². The Labute approximate surface area is 228 Å². The number of pyridine rings is 1. The molecule has 0 bridgehead atoms. The monoisotopic (exact) mass is 577 g/mol. The lowest BCUT2D eigenvalue weighted by Crippen LogP contribution is -2.41. The molecule has 4 heterocycles. The molecule has 1 aliphatic rings. The zero-order valence-corrected chi connectivity index (χ0v) is 21.6. The number of nitrogens with one attached hydrogen (secondary N) is 4. The molecule has 1 fully saturated rings. The quantitative estimate of drug-likeness (QED) is 0.239. The van der Waals surface area contributed by atoms with Crippen molar-refractivity contribution in [2.75, 3.05) is 50.0 Å². The number of hydrogen-bond acceptors (Lipinski definition) is 7. The molecule has 4 aromatic rings. The van der Waals surface area contributed by atoms with E-state index in [1.54, 1.807) is 18.2 Å². The number of anilines is 2. The summed E-state index contributed by atoms with van der Waals surface area (Å²) in [7, 11) is 0. The Morgan fingerprint density at radius 1 is 1.10 bits per heavy atom. The van der Waals surface area contributed by atoms with E-state index in [4.69, 9.17) is 4.74 Å². The summed E-state index contributed by atoms with van der Waals surface area (Å²) >= 11 is 1.11. The van der Waals surface area contributed by atoms with E-state index in [9.17, 15) is 27.2 Å². The molecule has 0 unspecified atom stereocenters. The molecule has 4 N–H and O–H groups in total. The topological polar surface area (TPSA) is 124 Å². The largest absolute Gasteiger partial charge is 0.416 e. The Morgan fingerprint density at radius 2 is 1.90 bits per heavy atom. The van der Waals surface area contributed by atoms with Crippen LogP contribution >= 0.6 is 11.3 Å². The maximum atomic E-state index is 14.0. The fourth-order valence-corrected chi connectivity index (χ4v) is 4.96. The lowest BCUT2D eigenvalue weighted by atomic mass is 10.1. The Kier molecular flexibility index (Phi) is 7.95. The van der Waals surface area contributed by atoms with Crippen LogP contribution in [0.15, 0.2) is 42.6 Å². The number of urea groups is 1. The molecule has 1 aromatic carbocycles. The van der Waals surface area contributed by atoms with Gasteiger partial charge < -0.3 is 15.4 Å². The number of aromatic amines is 1. The molecule has 40 heavy (non-hydrogen) atoms. The van der Waals surface area contributed by atoms with Crippen LogP contribution in [-0.2, 0) is 10.9 Å². The van der Waals surface area contributed by atoms with Gasteiger partial charge in [-0.15, -0.1) is 11.3 Å². The number of H-pyrrole nitrogens is 1. The molecule has 15 heteroatoms. The lowest BCUT2D eigenvalue weighted by molar-refractivity contribution is -0.137. The normalized spacial score (nSPS) is 14.3. The van der Waals surface area contributed by atoms with Crippen molar-refractivity contribution in [3.63, 3.8) is 0 Å². The fourth-order valence-electron chi connectivity index (χ4n) is 4.10. The van der Waals surface area contributed by atoms with Crippen LogP contribution in [-0.4, -0.2) is 71.4 Å². The lowest BCUT2D eigenvalue weighted by Gasteiger charge is -2.26. The highest BCUT2D eigenvalue weighted by molar-refractivity contribution is 7.19. The van der Waals surface area contributed by atoms with Gasteiger partial charge in [-0.3, -0.25) is 20.1 Å². The SMILES string of the molecule is O=C(Nc1ccc(-c2cc(C(=O)NCCN3CCOCC3)c3cn[nH]c3n2)s1)Nc1cc(C(F)(F)F)ccc1F. The fraction of sp³-hybridized carbons (Fsp3) is 0.280. The number of rotatable bonds is 7. The van der Waals surface area contributed by atoms with Crippen LogP contribution in [0.4, 0.5) is 33.0 Å². The van der Waals surface area contributed by atoms with E-state index in [0.717, 1.165) is 24.4 Å². The number of amides is 3. The number of halogens is 4. The summed E-state index contributed by atoms with van der Waals surface area (Å²) < 4.78 is 58.2. The number of benzene rings is 1. The zero-order chi connectivity index (χ0) is 28.3. The van der Waals surface area contributed by atoms with E-state index >= 15 is 0 Å². The Bertz CT molecular complexity index is 1530. The molecule has 10 nitrogen and oxygen atoms in total. The molecule has 0 atom stereocenters. The molecular weight excluding hydrogens is 554 g/mol. The maximum absolute atomic E-state index is 14.0. The third-order valence-corrected chi connectivity index (χ3v) is 7.14. The number of hydrogen-bond donors (Lipinski definition) is 4. The molecular formula is C25H23F4N7O3S. The Morgan fingerprint density at radius 3 is 2.67 bits per heavy atom. The minimum atomic E-state index is -4.69. The van der Waals surface area contributed by atoms with Crippen molar-refractivity contribution in [1.82, 2.24) is 25.4 Å². The first-order chi connectivity index (χ1) is 19.2. The van der Waals surface area contributed by atoms with Crippen molar-refractivity contribution in [3.05, 3.63) is 59.5 Å². The molecule has 0 spiro atoms. The number of thiophene rings is 1. The first-order valence-corrected chi connectivity index (χ1v) is 13.0. The summed E-state index contributed by atoms with van der Waals surface area (Å²) in [4.78, 5) is 32.7. The third-order valence-electron chi connectivity index (χ3n) is 6.12. The summed E-state index contributed by atoms with van der Waals surface area (Å²) in [6.45, 7) is 4.09. The van der Waals surface area contributed by atoms with Gasteiger partial charge in [-0.25, -0.2) is 14.2 Å². The Balaban J connectivity index is 1.27. The third kappa shape index (κ3) is 6.38. The van der Waals surface area contributed by atoms with Crippen LogP contribution in [0.3, 0.4) is 0 Å². The number of alkyl halides is 3. The van der Waals surface area contributed by atoms with Crippen molar-refractivity contribution in [2.24, 2.45) is 0 Å². The van der Waals surface area contributed by atoms with Gasteiger partial charge in [0, 0.05) is 26.2 Å². The molecule has 1 saturated heterocycles. The first kappa shape index (κ1) is 27.5. The summed E-state index contributed by atoms with van der Waals surface area (Å²) in [6.07, 6.45) is -3.17. The summed E-state index contributed by atoms with van der Waals surface area (Å²) in [5.74, 6) is -1.30. The highest BCUT2D eigenvalue weighted by Gasteiger charge is 2.31. The van der Waals surface area contributed by atoms with E-state index in [2.05, 4.69) is 36.0 Å². The van der Waals surface area contributed by atoms with Crippen molar-refractivity contribution in [2.45, 2.75) is 6.18 Å². The van der Waals surface area contributed by atoms with Gasteiger partial charge in [-0.05, 0) is 36.4 Å². The number of aromatic nitrogens is 3. The van der Waals surface area contributed by atoms with Gasteiger partial charge in [-0.1, -0.05) is 0 Å². The standard InChI is InChI=1S/C25H23F4N7O3S/c26-17-2-1-14(25(27,28)29)11-18(17)33-24(38)34-21-4-3-20(40-21)19-12-15(16-13-31-35-22(16)32-19)23(37)30-5-6-36-7-9-39-10-8-36/h1-4,11-13H,5-10H2,(H,30,37)(H,31,32,35)(H2,33,34,38). The molecule has 210 valence electrons. The molecule has 1 aliphatic heterocycles. The Hall–Kier alpha value is -4.08. The second-order valence-corrected chi connectivity index (χ2v) is 9.92. The van der Waals surface area contributed by atoms with Crippen molar-refractivity contribution in [3.8, 4) is 10.6 Å². The summed E-state index contributed by atoms with van der Waals surface area (Å²) in [5, 5.41) is 15.1. The second-order valence-electron chi connectivity index (χ2n) is 8.83. The van der Waals surface area contributed by atoms with E-state index in [1.807, 2.05) is 0 Å². The molecule has 3 amide bonds. The molecule has 5 rings (SSSR count). The van der Waals surface area contributed by atoms with Crippen LogP contribution in [0, 0.1) is 5.82 Å². The number of nitrogens with zero attached hydrogens (tertiary/aromatic N) is 3. The van der Waals surface area contributed by atoms with Crippen LogP contribution < -0.4 is 16.0 Å². The van der Waals surface area contributed by atoms with E-state index in [1.165, 1.54) is 6.20 Å². The molecule has 3 aromatic heterocycles. The van der Waals surface area contributed by atoms with Crippen molar-refractivity contribution >= 4 is 45.0 Å². The maximum Gasteiger partial charge on any atom is 0.416 e. The first-order valence-electron chi connectivity index (χ1n) is 12.1. The van der Waals surface area contributed by atoms with Gasteiger partial charge in [0.2, 0.25) is 0 Å². The highest BCUT2D eigenvalue weighted by atomic mass is 32.1. The summed E-state index contributed by atoms with van der Waals surface area (Å²) in [5.41, 5.74) is -0.492. The van der Waals surface area contributed by atoms with Gasteiger partial charge in [0.1, 0.15) is 5.82 Å². The van der Waals surface area contributed by atoms with Gasteiger partial charge >= 0.3 is 12.2 Å². The van der Waals surface area contributed by atoms with Crippen molar-refractivity contribution < 1.29 is 31.9 Å². The van der Waals surface area contributed by atoms with Crippen LogP contribution in [0.1, 0.15) is 15.9 Å². The number of fused-ring (bicyclic) bond motifs is 1. The van der Waals surface area contributed by atoms with Crippen LogP contribution in [0.5, 0.6) is 0 Å². The van der Waals surface area contributed by atoms with Gasteiger partial charge in [0.05, 0.1) is 57.2 Å². The van der Waals surface area contributed by atoms with Gasteiger partial charge in [-0.2, -0.15) is 18.3 Å². The van der Waals surface area contributed by atoms with E-state index < -0.39 is 29.3 Å². The predicted molar refractivity (Wildman–Crippen MR) is 141 cm³/mol. The zero-order valence-electron chi connectivity index (χ0n) is 20.8.